The third kappa shape index (κ3) is 3.54. The molecule has 0 unspecified atom stereocenters. The highest BCUT2D eigenvalue weighted by molar-refractivity contribution is 5.92. The quantitative estimate of drug-likeness (QED) is 0.818. The zero-order chi connectivity index (χ0) is 17.1. The van der Waals surface area contributed by atoms with E-state index in [4.69, 9.17) is 9.47 Å². The zero-order valence-corrected chi connectivity index (χ0v) is 14.0. The normalized spacial score (nSPS) is 26.7. The molecule has 132 valence electrons. The predicted molar refractivity (Wildman–Crippen MR) is 87.8 cm³/mol. The molecule has 2 saturated heterocycles. The molecule has 0 N–H and O–H groups in total. The molecule has 0 saturated carbocycles. The van der Waals surface area contributed by atoms with E-state index in [9.17, 15) is 4.79 Å². The molecule has 8 heteroatoms. The van der Waals surface area contributed by atoms with Crippen LogP contribution in [0.2, 0.25) is 0 Å². The maximum absolute atomic E-state index is 12.7. The van der Waals surface area contributed by atoms with Gasteiger partial charge in [-0.15, -0.1) is 0 Å². The van der Waals surface area contributed by atoms with Gasteiger partial charge in [0.1, 0.15) is 11.3 Å². The molecule has 1 amide bonds. The summed E-state index contributed by atoms with van der Waals surface area (Å²) in [5, 5.41) is 4.24. The van der Waals surface area contributed by atoms with Gasteiger partial charge in [0, 0.05) is 31.3 Å². The molecule has 1 spiro atoms. The van der Waals surface area contributed by atoms with Gasteiger partial charge in [-0.25, -0.2) is 4.98 Å². The Morgan fingerprint density at radius 3 is 3.12 bits per heavy atom. The molecule has 0 aromatic carbocycles. The van der Waals surface area contributed by atoms with Crippen LogP contribution < -0.4 is 0 Å². The summed E-state index contributed by atoms with van der Waals surface area (Å²) in [7, 11) is 0. The van der Waals surface area contributed by atoms with Gasteiger partial charge in [0.05, 0.1) is 38.6 Å². The van der Waals surface area contributed by atoms with Gasteiger partial charge >= 0.3 is 0 Å². The molecule has 4 heterocycles. The minimum absolute atomic E-state index is 0.0788. The monoisotopic (exact) mass is 343 g/mol. The topological polar surface area (TPSA) is 82.4 Å². The van der Waals surface area contributed by atoms with Crippen molar-refractivity contribution in [1.82, 2.24) is 24.6 Å². The van der Waals surface area contributed by atoms with E-state index >= 15 is 0 Å². The van der Waals surface area contributed by atoms with Crippen LogP contribution in [-0.4, -0.2) is 68.6 Å². The van der Waals surface area contributed by atoms with Crippen molar-refractivity contribution in [2.45, 2.75) is 31.1 Å². The van der Waals surface area contributed by atoms with Crippen molar-refractivity contribution in [1.29, 1.82) is 0 Å². The lowest BCUT2D eigenvalue weighted by Crippen LogP contribution is -2.47. The first kappa shape index (κ1) is 16.2. The van der Waals surface area contributed by atoms with Crippen molar-refractivity contribution in [2.24, 2.45) is 0 Å². The third-order valence-electron chi connectivity index (χ3n) is 4.71. The smallest absolute Gasteiger partial charge is 0.274 e. The van der Waals surface area contributed by atoms with Crippen molar-refractivity contribution in [3.05, 3.63) is 42.7 Å². The Kier molecular flexibility index (Phi) is 4.46. The summed E-state index contributed by atoms with van der Waals surface area (Å²) in [6.07, 6.45) is 10.2. The number of rotatable bonds is 3. The fourth-order valence-corrected chi connectivity index (χ4v) is 3.51. The molecule has 2 aliphatic heterocycles. The van der Waals surface area contributed by atoms with Gasteiger partial charge in [0.15, 0.2) is 0 Å². The van der Waals surface area contributed by atoms with Crippen LogP contribution in [0.5, 0.6) is 0 Å². The molecule has 0 radical (unpaired) electrons. The molecule has 2 atom stereocenters. The number of amides is 1. The van der Waals surface area contributed by atoms with Crippen molar-refractivity contribution < 1.29 is 14.3 Å². The summed E-state index contributed by atoms with van der Waals surface area (Å²) in [5.74, 6) is -0.128. The number of ether oxygens (including phenoxy) is 2. The summed E-state index contributed by atoms with van der Waals surface area (Å²) in [6, 6.07) is 1.90. The molecular weight excluding hydrogens is 322 g/mol. The van der Waals surface area contributed by atoms with E-state index in [1.165, 1.54) is 12.4 Å². The van der Waals surface area contributed by atoms with Crippen LogP contribution in [0.15, 0.2) is 37.1 Å². The molecule has 0 bridgehead atoms. The minimum atomic E-state index is -0.452. The second-order valence-electron chi connectivity index (χ2n) is 6.56. The summed E-state index contributed by atoms with van der Waals surface area (Å²) >= 11 is 0. The van der Waals surface area contributed by atoms with Crippen LogP contribution in [0.4, 0.5) is 0 Å². The fourth-order valence-electron chi connectivity index (χ4n) is 3.51. The van der Waals surface area contributed by atoms with Gasteiger partial charge in [-0.1, -0.05) is 0 Å². The number of carbonyl (C=O) groups is 1. The summed E-state index contributed by atoms with van der Waals surface area (Å²) in [5.41, 5.74) is -0.0998. The Bertz CT molecular complexity index is 708. The molecule has 4 rings (SSSR count). The van der Waals surface area contributed by atoms with Crippen LogP contribution >= 0.6 is 0 Å². The fraction of sp³-hybridized carbons (Fsp3) is 0.529. The first-order valence-electron chi connectivity index (χ1n) is 8.52. The van der Waals surface area contributed by atoms with Crippen molar-refractivity contribution in [2.75, 3.05) is 26.3 Å². The predicted octanol–water partition coefficient (Wildman–Crippen LogP) is 0.763. The van der Waals surface area contributed by atoms with Crippen molar-refractivity contribution in [3.63, 3.8) is 0 Å². The molecule has 2 aromatic heterocycles. The largest absolute Gasteiger partial charge is 0.377 e. The van der Waals surface area contributed by atoms with E-state index in [2.05, 4.69) is 15.1 Å². The molecule has 0 aliphatic carbocycles. The minimum Gasteiger partial charge on any atom is -0.377 e. The molecule has 2 aliphatic rings. The number of nitrogens with zero attached hydrogens (tertiary/aromatic N) is 5. The van der Waals surface area contributed by atoms with Crippen molar-refractivity contribution in [3.8, 4) is 0 Å². The second-order valence-corrected chi connectivity index (χ2v) is 6.56. The van der Waals surface area contributed by atoms with Crippen LogP contribution in [0, 0.1) is 0 Å². The highest BCUT2D eigenvalue weighted by Gasteiger charge is 2.44. The molecule has 2 fully saturated rings. The highest BCUT2D eigenvalue weighted by atomic mass is 16.6. The zero-order valence-electron chi connectivity index (χ0n) is 14.0. The van der Waals surface area contributed by atoms with Crippen LogP contribution in [0.3, 0.4) is 0 Å². The summed E-state index contributed by atoms with van der Waals surface area (Å²) in [4.78, 5) is 22.6. The van der Waals surface area contributed by atoms with Gasteiger partial charge in [0.2, 0.25) is 0 Å². The maximum atomic E-state index is 12.7. The van der Waals surface area contributed by atoms with Gasteiger partial charge in [-0.2, -0.15) is 5.10 Å². The molecule has 8 nitrogen and oxygen atoms in total. The number of hydrogen-bond acceptors (Lipinski definition) is 6. The number of hydrogen-bond donors (Lipinski definition) is 0. The standard InChI is InChI=1S/C17H21N5O3/c23-16(15-10-18-5-6-19-15)21-8-9-24-13-17(12-21)3-2-14(25-17)11-22-7-1-4-20-22/h1,4-7,10,14H,2-3,8-9,11-13H2/t14-,17-/m1/s1. The highest BCUT2D eigenvalue weighted by Crippen LogP contribution is 2.34. The number of carbonyl (C=O) groups excluding carboxylic acids is 1. The van der Waals surface area contributed by atoms with E-state index in [-0.39, 0.29) is 12.0 Å². The van der Waals surface area contributed by atoms with Gasteiger partial charge in [0.25, 0.3) is 5.91 Å². The van der Waals surface area contributed by atoms with E-state index in [1.807, 2.05) is 16.9 Å². The average molecular weight is 343 g/mol. The Hall–Kier alpha value is -2.32. The second kappa shape index (κ2) is 6.89. The van der Waals surface area contributed by atoms with Crippen molar-refractivity contribution >= 4 is 5.91 Å². The van der Waals surface area contributed by atoms with E-state index < -0.39 is 5.60 Å². The summed E-state index contributed by atoms with van der Waals surface area (Å²) < 4.78 is 14.0. The van der Waals surface area contributed by atoms with Crippen LogP contribution in [-0.2, 0) is 16.0 Å². The number of aromatic nitrogens is 4. The van der Waals surface area contributed by atoms with E-state index in [0.29, 0.717) is 38.5 Å². The SMILES string of the molecule is O=C(c1cnccn1)N1CCOC[C@@]2(CC[C@H](Cn3cccn3)O2)C1. The van der Waals surface area contributed by atoms with E-state index in [1.54, 1.807) is 17.3 Å². The lowest BCUT2D eigenvalue weighted by molar-refractivity contribution is -0.0881. The average Bonchev–Trinajstić information content (AvgIpc) is 3.23. The third-order valence-corrected chi connectivity index (χ3v) is 4.71. The maximum Gasteiger partial charge on any atom is 0.274 e. The molecule has 2 aromatic rings. The summed E-state index contributed by atoms with van der Waals surface area (Å²) in [6.45, 7) is 2.77. The van der Waals surface area contributed by atoms with Gasteiger partial charge in [-0.05, 0) is 18.9 Å². The van der Waals surface area contributed by atoms with Gasteiger partial charge < -0.3 is 14.4 Å². The van der Waals surface area contributed by atoms with E-state index in [0.717, 1.165) is 12.8 Å². The Balaban J connectivity index is 1.46. The first-order valence-corrected chi connectivity index (χ1v) is 8.52. The van der Waals surface area contributed by atoms with Gasteiger partial charge in [-0.3, -0.25) is 14.5 Å². The van der Waals surface area contributed by atoms with Crippen LogP contribution in [0.1, 0.15) is 23.3 Å². The molecule has 25 heavy (non-hydrogen) atoms. The van der Waals surface area contributed by atoms with Crippen LogP contribution in [0.25, 0.3) is 0 Å². The first-order chi connectivity index (χ1) is 12.2. The Morgan fingerprint density at radius 1 is 1.36 bits per heavy atom. The Morgan fingerprint density at radius 2 is 2.32 bits per heavy atom. The lowest BCUT2D eigenvalue weighted by Gasteiger charge is -2.31. The molecular formula is C17H21N5O3. The Labute approximate surface area is 145 Å². The lowest BCUT2D eigenvalue weighted by atomic mass is 10.00.